The minimum atomic E-state index is -0.00813. The lowest BCUT2D eigenvalue weighted by Crippen LogP contribution is -2.17. The van der Waals surface area contributed by atoms with Crippen molar-refractivity contribution < 1.29 is 0 Å². The summed E-state index contributed by atoms with van der Waals surface area (Å²) >= 11 is 0. The molecule has 2 N–H and O–H groups in total. The van der Waals surface area contributed by atoms with Crippen LogP contribution in [0, 0.1) is 0 Å². The maximum Gasteiger partial charge on any atom is 0.0352 e. The molecule has 26 heavy (non-hydrogen) atoms. The lowest BCUT2D eigenvalue weighted by Gasteiger charge is -2.26. The minimum Gasteiger partial charge on any atom is -0.398 e. The molecule has 0 aliphatic heterocycles. The first kappa shape index (κ1) is 16.9. The highest BCUT2D eigenvalue weighted by Gasteiger charge is 2.37. The van der Waals surface area contributed by atoms with Gasteiger partial charge in [-0.3, -0.25) is 0 Å². The summed E-state index contributed by atoms with van der Waals surface area (Å²) in [4.78, 5) is 0. The van der Waals surface area contributed by atoms with Crippen molar-refractivity contribution in [3.63, 3.8) is 0 Å². The molecule has 0 saturated heterocycles. The molecule has 0 unspecified atom stereocenters. The molecule has 0 fully saturated rings. The predicted octanol–water partition coefficient (Wildman–Crippen LogP) is 6.54. The van der Waals surface area contributed by atoms with E-state index in [1.165, 1.54) is 38.9 Å². The van der Waals surface area contributed by atoms with Crippen molar-refractivity contribution >= 4 is 5.69 Å². The lowest BCUT2D eigenvalue weighted by atomic mass is 9.78. The molecule has 4 rings (SSSR count). The largest absolute Gasteiger partial charge is 0.398 e. The standard InChI is InChI=1S/C25H27N/c1-24(2,3)21-15-16(13-14-22(21)26)17-10-8-11-19-18-9-6-7-12-20(18)25(4,5)23(17)19/h6-15H,26H2,1-5H3. The summed E-state index contributed by atoms with van der Waals surface area (Å²) in [7, 11) is 0. The number of hydrogen-bond donors (Lipinski definition) is 1. The molecule has 1 aliphatic rings. The molecule has 0 aromatic heterocycles. The highest BCUT2D eigenvalue weighted by Crippen LogP contribution is 2.52. The SMILES string of the molecule is CC(C)(C)c1cc(-c2cccc3c2C(C)(C)c2ccccc2-3)ccc1N. The van der Waals surface area contributed by atoms with Crippen LogP contribution in [0.5, 0.6) is 0 Å². The molecule has 0 radical (unpaired) electrons. The van der Waals surface area contributed by atoms with Gasteiger partial charge in [-0.2, -0.15) is 0 Å². The van der Waals surface area contributed by atoms with Crippen LogP contribution in [0.4, 0.5) is 5.69 Å². The summed E-state index contributed by atoms with van der Waals surface area (Å²) < 4.78 is 0. The average Bonchev–Trinajstić information content (AvgIpc) is 2.83. The van der Waals surface area contributed by atoms with Crippen LogP contribution in [0.15, 0.2) is 60.7 Å². The molecule has 1 heteroatoms. The van der Waals surface area contributed by atoms with Gasteiger partial charge in [0.2, 0.25) is 0 Å². The maximum atomic E-state index is 6.29. The third kappa shape index (κ3) is 2.38. The van der Waals surface area contributed by atoms with Gasteiger partial charge in [0.05, 0.1) is 0 Å². The van der Waals surface area contributed by atoms with Gasteiger partial charge in [0.1, 0.15) is 0 Å². The third-order valence-electron chi connectivity index (χ3n) is 5.75. The molecule has 0 bridgehead atoms. The van der Waals surface area contributed by atoms with Crippen LogP contribution in [0.1, 0.15) is 51.3 Å². The van der Waals surface area contributed by atoms with E-state index >= 15 is 0 Å². The molecule has 3 aromatic carbocycles. The number of fused-ring (bicyclic) bond motifs is 3. The van der Waals surface area contributed by atoms with E-state index < -0.39 is 0 Å². The summed E-state index contributed by atoms with van der Waals surface area (Å²) in [6, 6.07) is 22.0. The Kier molecular flexibility index (Phi) is 3.56. The molecule has 0 spiro atoms. The van der Waals surface area contributed by atoms with Gasteiger partial charge in [-0.25, -0.2) is 0 Å². The van der Waals surface area contributed by atoms with Crippen LogP contribution in [-0.4, -0.2) is 0 Å². The Morgan fingerprint density at radius 1 is 0.769 bits per heavy atom. The monoisotopic (exact) mass is 341 g/mol. The number of hydrogen-bond acceptors (Lipinski definition) is 1. The van der Waals surface area contributed by atoms with Crippen LogP contribution >= 0.6 is 0 Å². The van der Waals surface area contributed by atoms with Crippen molar-refractivity contribution in [3.8, 4) is 22.3 Å². The maximum absolute atomic E-state index is 6.29. The molecule has 0 saturated carbocycles. The van der Waals surface area contributed by atoms with Crippen molar-refractivity contribution in [2.45, 2.75) is 45.4 Å². The Balaban J connectivity index is 1.98. The second kappa shape index (κ2) is 5.48. The van der Waals surface area contributed by atoms with Gasteiger partial charge in [-0.15, -0.1) is 0 Å². The van der Waals surface area contributed by atoms with Crippen molar-refractivity contribution in [1.82, 2.24) is 0 Å². The van der Waals surface area contributed by atoms with Crippen LogP contribution in [0.3, 0.4) is 0 Å². The predicted molar refractivity (Wildman–Crippen MR) is 113 cm³/mol. The highest BCUT2D eigenvalue weighted by molar-refractivity contribution is 5.88. The molecule has 132 valence electrons. The van der Waals surface area contributed by atoms with E-state index in [4.69, 9.17) is 5.73 Å². The van der Waals surface area contributed by atoms with E-state index in [9.17, 15) is 0 Å². The molecule has 0 atom stereocenters. The van der Waals surface area contributed by atoms with Gasteiger partial charge in [-0.1, -0.05) is 83.1 Å². The second-order valence-electron chi connectivity index (χ2n) is 8.95. The summed E-state index contributed by atoms with van der Waals surface area (Å²) in [5.74, 6) is 0. The molecular weight excluding hydrogens is 314 g/mol. The Morgan fingerprint density at radius 3 is 2.15 bits per heavy atom. The first-order valence-electron chi connectivity index (χ1n) is 9.35. The minimum absolute atomic E-state index is 0.00813. The third-order valence-corrected chi connectivity index (χ3v) is 5.75. The molecular formula is C25H27N. The fourth-order valence-electron chi connectivity index (χ4n) is 4.46. The second-order valence-corrected chi connectivity index (χ2v) is 8.95. The van der Waals surface area contributed by atoms with Gasteiger partial charge < -0.3 is 5.73 Å². The van der Waals surface area contributed by atoms with Crippen LogP contribution in [0.2, 0.25) is 0 Å². The van der Waals surface area contributed by atoms with Crippen LogP contribution in [0.25, 0.3) is 22.3 Å². The number of nitrogens with two attached hydrogens (primary N) is 1. The van der Waals surface area contributed by atoms with E-state index in [0.29, 0.717) is 0 Å². The van der Waals surface area contributed by atoms with Crippen LogP contribution in [-0.2, 0) is 10.8 Å². The van der Waals surface area contributed by atoms with Crippen molar-refractivity contribution in [2.75, 3.05) is 5.73 Å². The van der Waals surface area contributed by atoms with Gasteiger partial charge in [-0.05, 0) is 56.5 Å². The number of anilines is 1. The molecule has 3 aromatic rings. The van der Waals surface area contributed by atoms with E-state index in [-0.39, 0.29) is 10.8 Å². The summed E-state index contributed by atoms with van der Waals surface area (Å²) in [6.07, 6.45) is 0. The summed E-state index contributed by atoms with van der Waals surface area (Å²) in [5, 5.41) is 0. The first-order valence-corrected chi connectivity index (χ1v) is 9.35. The van der Waals surface area contributed by atoms with Crippen molar-refractivity contribution in [3.05, 3.63) is 77.4 Å². The lowest BCUT2D eigenvalue weighted by molar-refractivity contribution is 0.593. The number of benzene rings is 3. The highest BCUT2D eigenvalue weighted by atomic mass is 14.6. The van der Waals surface area contributed by atoms with Gasteiger partial charge in [0.15, 0.2) is 0 Å². The Labute approximate surface area is 156 Å². The zero-order chi connectivity index (χ0) is 18.7. The van der Waals surface area contributed by atoms with E-state index in [1.54, 1.807) is 0 Å². The number of rotatable bonds is 1. The molecule has 1 aliphatic carbocycles. The molecule has 0 heterocycles. The van der Waals surface area contributed by atoms with Crippen LogP contribution < -0.4 is 5.73 Å². The van der Waals surface area contributed by atoms with E-state index in [0.717, 1.165) is 5.69 Å². The molecule has 1 nitrogen and oxygen atoms in total. The number of nitrogen functional groups attached to an aromatic ring is 1. The topological polar surface area (TPSA) is 26.0 Å². The quantitative estimate of drug-likeness (QED) is 0.500. The van der Waals surface area contributed by atoms with Gasteiger partial charge in [0, 0.05) is 11.1 Å². The van der Waals surface area contributed by atoms with Crippen molar-refractivity contribution in [2.24, 2.45) is 0 Å². The normalized spacial score (nSPS) is 14.8. The smallest absolute Gasteiger partial charge is 0.0352 e. The summed E-state index contributed by atoms with van der Waals surface area (Å²) in [5.41, 5.74) is 16.5. The Hall–Kier alpha value is -2.54. The van der Waals surface area contributed by atoms with Gasteiger partial charge in [0.25, 0.3) is 0 Å². The van der Waals surface area contributed by atoms with E-state index in [2.05, 4.69) is 95.3 Å². The zero-order valence-corrected chi connectivity index (χ0v) is 16.4. The Morgan fingerprint density at radius 2 is 1.42 bits per heavy atom. The fraction of sp³-hybridized carbons (Fsp3) is 0.280. The summed E-state index contributed by atoms with van der Waals surface area (Å²) in [6.45, 7) is 11.3. The van der Waals surface area contributed by atoms with E-state index in [1.807, 2.05) is 0 Å². The Bertz CT molecular complexity index is 1000. The van der Waals surface area contributed by atoms with Crippen molar-refractivity contribution in [1.29, 1.82) is 0 Å². The fourth-order valence-corrected chi connectivity index (χ4v) is 4.46. The zero-order valence-electron chi connectivity index (χ0n) is 16.4. The first-order chi connectivity index (χ1) is 12.2. The molecule has 0 amide bonds. The average molecular weight is 341 g/mol. The van der Waals surface area contributed by atoms with Gasteiger partial charge >= 0.3 is 0 Å².